The van der Waals surface area contributed by atoms with Crippen molar-refractivity contribution in [1.29, 1.82) is 0 Å². The summed E-state index contributed by atoms with van der Waals surface area (Å²) in [7, 11) is 1.34. The maximum atomic E-state index is 11.6. The van der Waals surface area contributed by atoms with E-state index in [9.17, 15) is 9.59 Å². The van der Waals surface area contributed by atoms with Crippen LogP contribution in [0.4, 0.5) is 0 Å². The van der Waals surface area contributed by atoms with Crippen molar-refractivity contribution in [2.24, 2.45) is 0 Å². The third kappa shape index (κ3) is 1.82. The lowest BCUT2D eigenvalue weighted by Gasteiger charge is -2.23. The van der Waals surface area contributed by atoms with Crippen LogP contribution in [0.15, 0.2) is 22.7 Å². The molecule has 4 nitrogen and oxygen atoms in total. The molecule has 0 aliphatic carbocycles. The molecule has 16 heavy (non-hydrogen) atoms. The number of amides is 1. The number of fused-ring (bicyclic) bond motifs is 1. The summed E-state index contributed by atoms with van der Waals surface area (Å²) in [5.74, 6) is -0.905. The minimum absolute atomic E-state index is 0.150. The second kappa shape index (κ2) is 4.25. The summed E-state index contributed by atoms with van der Waals surface area (Å²) < 4.78 is 5.56. The average molecular weight is 284 g/mol. The third-order valence-electron chi connectivity index (χ3n) is 2.59. The fourth-order valence-electron chi connectivity index (χ4n) is 1.78. The number of hydrogen-bond acceptors (Lipinski definition) is 3. The Balaban J connectivity index is 2.49. The summed E-state index contributed by atoms with van der Waals surface area (Å²) in [6.45, 7) is 0.287. The normalized spacial score (nSPS) is 18.6. The van der Waals surface area contributed by atoms with E-state index in [1.54, 1.807) is 18.2 Å². The van der Waals surface area contributed by atoms with Crippen molar-refractivity contribution >= 4 is 27.8 Å². The van der Waals surface area contributed by atoms with Gasteiger partial charge in [-0.15, -0.1) is 0 Å². The van der Waals surface area contributed by atoms with Crippen molar-refractivity contribution < 1.29 is 14.3 Å². The molecular formula is C11H10BrNO3. The first-order valence-corrected chi connectivity index (χ1v) is 5.58. The van der Waals surface area contributed by atoms with Gasteiger partial charge in [-0.25, -0.2) is 0 Å². The maximum Gasteiger partial charge on any atom is 0.314 e. The van der Waals surface area contributed by atoms with Crippen molar-refractivity contribution in [3.05, 3.63) is 33.8 Å². The summed E-state index contributed by atoms with van der Waals surface area (Å²) in [4.78, 5) is 23.1. The molecule has 0 saturated heterocycles. The standard InChI is InChI=1S/C11H10BrNO3/c1-16-11(15)9-5-13-10(14)7-3-2-6(12)4-8(7)9/h2-4,9H,5H2,1H3,(H,13,14). The SMILES string of the molecule is COC(=O)C1CNC(=O)c2ccc(Br)cc21. The van der Waals surface area contributed by atoms with Gasteiger partial charge in [-0.2, -0.15) is 0 Å². The molecule has 1 N–H and O–H groups in total. The fraction of sp³-hybridized carbons (Fsp3) is 0.273. The number of esters is 1. The van der Waals surface area contributed by atoms with Crippen LogP contribution in [-0.4, -0.2) is 25.5 Å². The Morgan fingerprint density at radius 3 is 3.00 bits per heavy atom. The van der Waals surface area contributed by atoms with E-state index >= 15 is 0 Å². The highest BCUT2D eigenvalue weighted by Gasteiger charge is 2.30. The Kier molecular flexibility index (Phi) is 2.96. The van der Waals surface area contributed by atoms with Gasteiger partial charge in [0.25, 0.3) is 5.91 Å². The number of benzene rings is 1. The van der Waals surface area contributed by atoms with Crippen LogP contribution >= 0.6 is 15.9 Å². The quantitative estimate of drug-likeness (QED) is 0.794. The average Bonchev–Trinajstić information content (AvgIpc) is 2.28. The van der Waals surface area contributed by atoms with Crippen LogP contribution in [0.1, 0.15) is 21.8 Å². The number of carbonyl (C=O) groups excluding carboxylic acids is 2. The lowest BCUT2D eigenvalue weighted by molar-refractivity contribution is -0.142. The van der Waals surface area contributed by atoms with Crippen molar-refractivity contribution in [3.63, 3.8) is 0 Å². The minimum Gasteiger partial charge on any atom is -0.468 e. The zero-order chi connectivity index (χ0) is 11.7. The molecule has 1 aromatic rings. The van der Waals surface area contributed by atoms with Crippen LogP contribution in [-0.2, 0) is 9.53 Å². The van der Waals surface area contributed by atoms with Crippen molar-refractivity contribution in [2.75, 3.05) is 13.7 Å². The molecule has 1 atom stereocenters. The van der Waals surface area contributed by atoms with E-state index in [1.807, 2.05) is 0 Å². The van der Waals surface area contributed by atoms with Gasteiger partial charge in [-0.3, -0.25) is 9.59 Å². The third-order valence-corrected chi connectivity index (χ3v) is 3.08. The summed E-state index contributed by atoms with van der Waals surface area (Å²) in [6.07, 6.45) is 0. The molecule has 0 bridgehead atoms. The topological polar surface area (TPSA) is 55.4 Å². The molecule has 1 aromatic carbocycles. The van der Waals surface area contributed by atoms with Crippen LogP contribution < -0.4 is 5.32 Å². The van der Waals surface area contributed by atoms with Crippen LogP contribution in [0.5, 0.6) is 0 Å². The molecule has 0 aromatic heterocycles. The number of methoxy groups -OCH3 is 1. The zero-order valence-electron chi connectivity index (χ0n) is 8.62. The van der Waals surface area contributed by atoms with E-state index in [-0.39, 0.29) is 18.4 Å². The molecule has 1 unspecified atom stereocenters. The molecule has 1 heterocycles. The second-order valence-corrected chi connectivity index (χ2v) is 4.43. The molecule has 0 spiro atoms. The monoisotopic (exact) mass is 283 g/mol. The fourth-order valence-corrected chi connectivity index (χ4v) is 2.16. The number of carbonyl (C=O) groups is 2. The Morgan fingerprint density at radius 1 is 1.56 bits per heavy atom. The number of hydrogen-bond donors (Lipinski definition) is 1. The van der Waals surface area contributed by atoms with Gasteiger partial charge in [0.15, 0.2) is 0 Å². The molecule has 5 heteroatoms. The first-order chi connectivity index (χ1) is 7.63. The largest absolute Gasteiger partial charge is 0.468 e. The van der Waals surface area contributed by atoms with E-state index in [1.165, 1.54) is 7.11 Å². The van der Waals surface area contributed by atoms with E-state index < -0.39 is 5.92 Å². The lowest BCUT2D eigenvalue weighted by atomic mass is 9.90. The van der Waals surface area contributed by atoms with Gasteiger partial charge in [-0.05, 0) is 23.8 Å². The van der Waals surface area contributed by atoms with Gasteiger partial charge in [0.2, 0.25) is 0 Å². The molecule has 2 rings (SSSR count). The van der Waals surface area contributed by atoms with Gasteiger partial charge in [-0.1, -0.05) is 15.9 Å². The van der Waals surface area contributed by atoms with E-state index in [0.717, 1.165) is 4.47 Å². The number of rotatable bonds is 1. The minimum atomic E-state index is -0.421. The van der Waals surface area contributed by atoms with Gasteiger partial charge < -0.3 is 10.1 Å². The molecule has 0 saturated carbocycles. The van der Waals surface area contributed by atoms with Crippen molar-refractivity contribution in [2.45, 2.75) is 5.92 Å². The Hall–Kier alpha value is -1.36. The van der Waals surface area contributed by atoms with Crippen LogP contribution in [0.3, 0.4) is 0 Å². The smallest absolute Gasteiger partial charge is 0.314 e. The number of halogens is 1. The molecule has 0 radical (unpaired) electrons. The van der Waals surface area contributed by atoms with E-state index in [0.29, 0.717) is 11.1 Å². The molecular weight excluding hydrogens is 274 g/mol. The highest BCUT2D eigenvalue weighted by Crippen LogP contribution is 2.27. The van der Waals surface area contributed by atoms with Gasteiger partial charge in [0.1, 0.15) is 0 Å². The highest BCUT2D eigenvalue weighted by atomic mass is 79.9. The summed E-state index contributed by atoms with van der Waals surface area (Å²) in [6, 6.07) is 5.26. The summed E-state index contributed by atoms with van der Waals surface area (Å²) in [5, 5.41) is 2.67. The van der Waals surface area contributed by atoms with E-state index in [2.05, 4.69) is 21.2 Å². The Labute approximate surface area is 101 Å². The molecule has 84 valence electrons. The van der Waals surface area contributed by atoms with E-state index in [4.69, 9.17) is 4.74 Å². The zero-order valence-corrected chi connectivity index (χ0v) is 10.2. The highest BCUT2D eigenvalue weighted by molar-refractivity contribution is 9.10. The lowest BCUT2D eigenvalue weighted by Crippen LogP contribution is -2.38. The predicted molar refractivity (Wildman–Crippen MR) is 61.2 cm³/mol. The van der Waals surface area contributed by atoms with Gasteiger partial charge in [0.05, 0.1) is 13.0 Å². The molecule has 1 amide bonds. The van der Waals surface area contributed by atoms with Gasteiger partial charge >= 0.3 is 5.97 Å². The maximum absolute atomic E-state index is 11.6. The van der Waals surface area contributed by atoms with Crippen molar-refractivity contribution in [3.8, 4) is 0 Å². The number of nitrogens with one attached hydrogen (secondary N) is 1. The Bertz CT molecular complexity index is 459. The number of ether oxygens (including phenoxy) is 1. The van der Waals surface area contributed by atoms with Gasteiger partial charge in [0, 0.05) is 16.6 Å². The summed E-state index contributed by atoms with van der Waals surface area (Å²) in [5.41, 5.74) is 1.25. The molecule has 0 fully saturated rings. The van der Waals surface area contributed by atoms with Crippen LogP contribution in [0.2, 0.25) is 0 Å². The van der Waals surface area contributed by atoms with Crippen molar-refractivity contribution in [1.82, 2.24) is 5.32 Å². The molecule has 1 aliphatic rings. The van der Waals surface area contributed by atoms with Crippen LogP contribution in [0, 0.1) is 0 Å². The molecule has 1 aliphatic heterocycles. The first kappa shape index (κ1) is 11.1. The first-order valence-electron chi connectivity index (χ1n) is 4.79. The Morgan fingerprint density at radius 2 is 2.31 bits per heavy atom. The predicted octanol–water partition coefficient (Wildman–Crippen LogP) is 1.45. The second-order valence-electron chi connectivity index (χ2n) is 3.52. The summed E-state index contributed by atoms with van der Waals surface area (Å²) >= 11 is 3.33. The van der Waals surface area contributed by atoms with Crippen LogP contribution in [0.25, 0.3) is 0 Å².